The Morgan fingerprint density at radius 1 is 1.56 bits per heavy atom. The van der Waals surface area contributed by atoms with Gasteiger partial charge in [-0.2, -0.15) is 5.10 Å². The fraction of sp³-hybridized carbons (Fsp3) is 0.667. The maximum Gasteiger partial charge on any atom is 0.269 e. The number of hydrogen-bond donors (Lipinski definition) is 2. The molecule has 3 N–H and O–H groups in total. The van der Waals surface area contributed by atoms with E-state index < -0.39 is 0 Å². The zero-order chi connectivity index (χ0) is 13.4. The van der Waals surface area contributed by atoms with E-state index in [1.54, 1.807) is 11.7 Å². The molecule has 0 spiro atoms. The summed E-state index contributed by atoms with van der Waals surface area (Å²) in [5.41, 5.74) is 6.81. The third-order valence-corrected chi connectivity index (χ3v) is 2.54. The van der Waals surface area contributed by atoms with Gasteiger partial charge in [0.1, 0.15) is 5.69 Å². The van der Waals surface area contributed by atoms with Crippen LogP contribution in [-0.4, -0.2) is 42.0 Å². The lowest BCUT2D eigenvalue weighted by Crippen LogP contribution is -2.27. The quantitative estimate of drug-likeness (QED) is 0.644. The summed E-state index contributed by atoms with van der Waals surface area (Å²) in [7, 11) is 1.78. The van der Waals surface area contributed by atoms with E-state index in [1.165, 1.54) is 0 Å². The van der Waals surface area contributed by atoms with Gasteiger partial charge in [-0.3, -0.25) is 9.48 Å². The van der Waals surface area contributed by atoms with Gasteiger partial charge in [-0.15, -0.1) is 0 Å². The van der Waals surface area contributed by atoms with Crippen LogP contribution in [0, 0.1) is 0 Å². The highest BCUT2D eigenvalue weighted by Gasteiger charge is 2.11. The second-order valence-electron chi connectivity index (χ2n) is 4.01. The number of nitrogens with two attached hydrogens (primary N) is 1. The molecule has 0 aromatic carbocycles. The summed E-state index contributed by atoms with van der Waals surface area (Å²) in [6.07, 6.45) is 1.61. The summed E-state index contributed by atoms with van der Waals surface area (Å²) in [6.45, 7) is 4.31. The minimum absolute atomic E-state index is 0.0940. The van der Waals surface area contributed by atoms with E-state index in [4.69, 9.17) is 10.5 Å². The molecule has 0 aliphatic heterocycles. The lowest BCUT2D eigenvalue weighted by Gasteiger charge is -2.05. The number of rotatable bonds is 8. The Kier molecular flexibility index (Phi) is 6.38. The second-order valence-corrected chi connectivity index (χ2v) is 4.01. The van der Waals surface area contributed by atoms with Gasteiger partial charge < -0.3 is 15.8 Å². The summed E-state index contributed by atoms with van der Waals surface area (Å²) in [5, 5.41) is 7.08. The molecule has 0 aliphatic rings. The van der Waals surface area contributed by atoms with Crippen LogP contribution in [0.3, 0.4) is 0 Å². The predicted octanol–water partition coefficient (Wildman–Crippen LogP) is 0.0777. The first-order valence-corrected chi connectivity index (χ1v) is 6.28. The summed E-state index contributed by atoms with van der Waals surface area (Å²) in [4.78, 5) is 11.9. The number of aryl methyl sites for hydroxylation is 2. The molecule has 0 unspecified atom stereocenters. The average molecular weight is 254 g/mol. The Labute approximate surface area is 107 Å². The molecule has 0 radical (unpaired) electrons. The molecule has 6 nitrogen and oxygen atoms in total. The maximum atomic E-state index is 11.9. The number of amides is 1. The van der Waals surface area contributed by atoms with Gasteiger partial charge in [-0.05, 0) is 18.9 Å². The molecule has 6 heteroatoms. The van der Waals surface area contributed by atoms with Crippen LogP contribution in [0.5, 0.6) is 0 Å². The number of nitrogens with one attached hydrogen (secondary N) is 1. The topological polar surface area (TPSA) is 82.2 Å². The summed E-state index contributed by atoms with van der Waals surface area (Å²) < 4.78 is 6.83. The van der Waals surface area contributed by atoms with Crippen LogP contribution in [0.2, 0.25) is 0 Å². The van der Waals surface area contributed by atoms with Crippen LogP contribution in [0.4, 0.5) is 0 Å². The maximum absolute atomic E-state index is 11.9. The third kappa shape index (κ3) is 4.46. The van der Waals surface area contributed by atoms with E-state index in [0.29, 0.717) is 32.0 Å². The molecule has 18 heavy (non-hydrogen) atoms. The van der Waals surface area contributed by atoms with Crippen LogP contribution >= 0.6 is 0 Å². The predicted molar refractivity (Wildman–Crippen MR) is 69.4 cm³/mol. The Balaban J connectivity index is 2.29. The number of hydrogen-bond acceptors (Lipinski definition) is 4. The summed E-state index contributed by atoms with van der Waals surface area (Å²) in [6, 6.07) is 1.82. The Morgan fingerprint density at radius 2 is 2.33 bits per heavy atom. The Morgan fingerprint density at radius 3 is 2.94 bits per heavy atom. The first-order valence-electron chi connectivity index (χ1n) is 6.28. The van der Waals surface area contributed by atoms with Crippen molar-refractivity contribution in [3.63, 3.8) is 0 Å². The smallest absolute Gasteiger partial charge is 0.269 e. The molecule has 102 valence electrons. The van der Waals surface area contributed by atoms with Crippen LogP contribution in [0.25, 0.3) is 0 Å². The van der Waals surface area contributed by atoms with Crippen molar-refractivity contribution in [1.82, 2.24) is 15.1 Å². The van der Waals surface area contributed by atoms with Crippen LogP contribution in [0.15, 0.2) is 6.07 Å². The zero-order valence-corrected chi connectivity index (χ0v) is 11.1. The van der Waals surface area contributed by atoms with Gasteiger partial charge >= 0.3 is 0 Å². The van der Waals surface area contributed by atoms with E-state index in [2.05, 4.69) is 10.4 Å². The van der Waals surface area contributed by atoms with Crippen molar-refractivity contribution in [2.24, 2.45) is 12.8 Å². The number of ether oxygens (including phenoxy) is 1. The highest BCUT2D eigenvalue weighted by Crippen LogP contribution is 2.03. The molecule has 0 saturated carbocycles. The molecule has 1 aromatic heterocycles. The lowest BCUT2D eigenvalue weighted by molar-refractivity contribution is 0.0933. The monoisotopic (exact) mass is 254 g/mol. The van der Waals surface area contributed by atoms with Crippen molar-refractivity contribution in [3.8, 4) is 0 Å². The molecule has 0 saturated heterocycles. The van der Waals surface area contributed by atoms with Crippen molar-refractivity contribution in [3.05, 3.63) is 17.5 Å². The Bertz CT molecular complexity index is 376. The van der Waals surface area contributed by atoms with E-state index in [9.17, 15) is 4.79 Å². The first-order chi connectivity index (χ1) is 8.69. The van der Waals surface area contributed by atoms with Crippen LogP contribution in [0.1, 0.15) is 29.5 Å². The van der Waals surface area contributed by atoms with Gasteiger partial charge in [-0.1, -0.05) is 6.92 Å². The number of nitrogens with zero attached hydrogens (tertiary/aromatic N) is 2. The largest absolute Gasteiger partial charge is 0.380 e. The highest BCUT2D eigenvalue weighted by molar-refractivity contribution is 5.92. The van der Waals surface area contributed by atoms with Crippen LogP contribution < -0.4 is 11.1 Å². The number of aromatic nitrogens is 2. The average Bonchev–Trinajstić information content (AvgIpc) is 2.75. The molecule has 0 fully saturated rings. The fourth-order valence-electron chi connectivity index (χ4n) is 1.56. The second kappa shape index (κ2) is 7.84. The van der Waals surface area contributed by atoms with Gasteiger partial charge in [0, 0.05) is 26.7 Å². The van der Waals surface area contributed by atoms with Crippen molar-refractivity contribution in [2.45, 2.75) is 19.8 Å². The minimum Gasteiger partial charge on any atom is -0.380 e. The van der Waals surface area contributed by atoms with Crippen molar-refractivity contribution < 1.29 is 9.53 Å². The molecule has 1 rings (SSSR count). The van der Waals surface area contributed by atoms with Gasteiger partial charge in [0.2, 0.25) is 0 Å². The van der Waals surface area contributed by atoms with Gasteiger partial charge in [0.25, 0.3) is 5.91 Å². The third-order valence-electron chi connectivity index (χ3n) is 2.54. The molecule has 0 atom stereocenters. The normalized spacial score (nSPS) is 10.6. The van der Waals surface area contributed by atoms with E-state index in [0.717, 1.165) is 18.5 Å². The van der Waals surface area contributed by atoms with Gasteiger partial charge in [0.15, 0.2) is 0 Å². The number of carbonyl (C=O) groups excluding carboxylic acids is 1. The van der Waals surface area contributed by atoms with Crippen molar-refractivity contribution in [1.29, 1.82) is 0 Å². The van der Waals surface area contributed by atoms with Gasteiger partial charge in [-0.25, -0.2) is 0 Å². The SMILES string of the molecule is CCc1cc(C(=O)NCCCOCCN)n(C)n1. The molecule has 1 heterocycles. The fourth-order valence-corrected chi connectivity index (χ4v) is 1.56. The van der Waals surface area contributed by atoms with Crippen molar-refractivity contribution >= 4 is 5.91 Å². The van der Waals surface area contributed by atoms with Gasteiger partial charge in [0.05, 0.1) is 12.3 Å². The van der Waals surface area contributed by atoms with Crippen LogP contribution in [-0.2, 0) is 18.2 Å². The standard InChI is InChI=1S/C12H22N4O2/c1-3-10-9-11(16(2)15-10)12(17)14-6-4-7-18-8-5-13/h9H,3-8,13H2,1-2H3,(H,14,17). The molecule has 1 aromatic rings. The molecular formula is C12H22N4O2. The Hall–Kier alpha value is -1.40. The van der Waals surface area contributed by atoms with E-state index in [-0.39, 0.29) is 5.91 Å². The highest BCUT2D eigenvalue weighted by atomic mass is 16.5. The number of carbonyl (C=O) groups is 1. The molecular weight excluding hydrogens is 232 g/mol. The van der Waals surface area contributed by atoms with E-state index >= 15 is 0 Å². The summed E-state index contributed by atoms with van der Waals surface area (Å²) >= 11 is 0. The van der Waals surface area contributed by atoms with E-state index in [1.807, 2.05) is 13.0 Å². The molecule has 0 bridgehead atoms. The van der Waals surface area contributed by atoms with Crippen molar-refractivity contribution in [2.75, 3.05) is 26.3 Å². The lowest BCUT2D eigenvalue weighted by atomic mass is 10.3. The molecule has 1 amide bonds. The zero-order valence-electron chi connectivity index (χ0n) is 11.1. The summed E-state index contributed by atoms with van der Waals surface area (Å²) in [5.74, 6) is -0.0940. The molecule has 0 aliphatic carbocycles. The minimum atomic E-state index is -0.0940. The first kappa shape index (κ1) is 14.7.